The molecule has 0 saturated carbocycles. The summed E-state index contributed by atoms with van der Waals surface area (Å²) in [6, 6.07) is 20.4. The molecule has 0 amide bonds. The molecule has 5 heteroatoms. The fourth-order valence-corrected chi connectivity index (χ4v) is 3.12. The van der Waals surface area contributed by atoms with E-state index in [1.54, 1.807) is 12.1 Å². The Morgan fingerprint density at radius 3 is 2.22 bits per heavy atom. The number of fused-ring (bicyclic) bond motifs is 3. The van der Waals surface area contributed by atoms with E-state index >= 15 is 0 Å². The lowest BCUT2D eigenvalue weighted by atomic mass is 10.1. The molecule has 0 N–H and O–H groups in total. The number of rotatable bonds is 2. The second kappa shape index (κ2) is 5.11. The predicted molar refractivity (Wildman–Crippen MR) is 92.4 cm³/mol. The Hall–Kier alpha value is -2.85. The summed E-state index contributed by atoms with van der Waals surface area (Å²) in [6.45, 7) is 0. The summed E-state index contributed by atoms with van der Waals surface area (Å²) < 4.78 is 2.09. The molecule has 0 unspecified atom stereocenters. The number of para-hydroxylation sites is 1. The molecule has 112 valence electrons. The Morgan fingerprint density at radius 1 is 0.870 bits per heavy atom. The van der Waals surface area contributed by atoms with Crippen LogP contribution in [0.25, 0.3) is 27.5 Å². The highest BCUT2D eigenvalue weighted by atomic mass is 35.5. The van der Waals surface area contributed by atoms with Crippen LogP contribution in [0, 0.1) is 10.1 Å². The number of hydrogen-bond acceptors (Lipinski definition) is 2. The molecule has 0 fully saturated rings. The highest BCUT2D eigenvalue weighted by Gasteiger charge is 2.15. The minimum Gasteiger partial charge on any atom is -0.309 e. The lowest BCUT2D eigenvalue weighted by Gasteiger charge is -2.07. The van der Waals surface area contributed by atoms with Gasteiger partial charge >= 0.3 is 0 Å². The second-order valence-electron chi connectivity index (χ2n) is 5.29. The van der Waals surface area contributed by atoms with Crippen molar-refractivity contribution in [2.45, 2.75) is 0 Å². The van der Waals surface area contributed by atoms with Crippen LogP contribution in [0.4, 0.5) is 5.69 Å². The molecule has 0 aliphatic rings. The van der Waals surface area contributed by atoms with E-state index in [2.05, 4.69) is 4.57 Å². The molecule has 0 aliphatic heterocycles. The number of nitrogens with zero attached hydrogens (tertiary/aromatic N) is 2. The Kier molecular flexibility index (Phi) is 3.06. The number of nitro groups is 1. The standard InChI is InChI=1S/C18H11ClN2O2/c19-12-6-8-17-15(10-12)16-11-14(21(22)23)7-9-18(16)20(17)13-4-2-1-3-5-13/h1-11H. The lowest BCUT2D eigenvalue weighted by Crippen LogP contribution is -1.93. The average Bonchev–Trinajstić information content (AvgIpc) is 2.88. The number of non-ortho nitro benzene ring substituents is 1. The van der Waals surface area contributed by atoms with Gasteiger partial charge in [0.2, 0.25) is 0 Å². The van der Waals surface area contributed by atoms with E-state index in [1.165, 1.54) is 6.07 Å². The van der Waals surface area contributed by atoms with Crippen LogP contribution in [0.5, 0.6) is 0 Å². The first-order valence-corrected chi connectivity index (χ1v) is 7.46. The number of halogens is 1. The first kappa shape index (κ1) is 13.8. The normalized spacial score (nSPS) is 11.2. The van der Waals surface area contributed by atoms with E-state index < -0.39 is 0 Å². The van der Waals surface area contributed by atoms with Crippen molar-refractivity contribution in [3.05, 3.63) is 81.9 Å². The number of aromatic nitrogens is 1. The monoisotopic (exact) mass is 322 g/mol. The van der Waals surface area contributed by atoms with Gasteiger partial charge in [0, 0.05) is 33.6 Å². The lowest BCUT2D eigenvalue weighted by molar-refractivity contribution is -0.384. The summed E-state index contributed by atoms with van der Waals surface area (Å²) in [4.78, 5) is 10.7. The predicted octanol–water partition coefficient (Wildman–Crippen LogP) is 5.35. The van der Waals surface area contributed by atoms with Gasteiger partial charge in [0.15, 0.2) is 0 Å². The van der Waals surface area contributed by atoms with Gasteiger partial charge in [0.05, 0.1) is 16.0 Å². The van der Waals surface area contributed by atoms with E-state index in [9.17, 15) is 10.1 Å². The van der Waals surface area contributed by atoms with Crippen LogP contribution in [0.2, 0.25) is 5.02 Å². The molecule has 1 aromatic heterocycles. The molecule has 4 nitrogen and oxygen atoms in total. The summed E-state index contributed by atoms with van der Waals surface area (Å²) >= 11 is 6.13. The maximum Gasteiger partial charge on any atom is 0.270 e. The molecule has 0 spiro atoms. The minimum absolute atomic E-state index is 0.0737. The molecule has 0 radical (unpaired) electrons. The van der Waals surface area contributed by atoms with Crippen molar-refractivity contribution < 1.29 is 4.92 Å². The molecule has 23 heavy (non-hydrogen) atoms. The maximum atomic E-state index is 11.1. The van der Waals surface area contributed by atoms with Crippen molar-refractivity contribution in [3.63, 3.8) is 0 Å². The highest BCUT2D eigenvalue weighted by molar-refractivity contribution is 6.32. The quantitative estimate of drug-likeness (QED) is 0.369. The van der Waals surface area contributed by atoms with E-state index in [0.29, 0.717) is 5.02 Å². The van der Waals surface area contributed by atoms with E-state index in [4.69, 9.17) is 11.6 Å². The SMILES string of the molecule is O=[N+]([O-])c1ccc2c(c1)c1cc(Cl)ccc1n2-c1ccccc1. The van der Waals surface area contributed by atoms with Gasteiger partial charge in [-0.1, -0.05) is 29.8 Å². The zero-order valence-corrected chi connectivity index (χ0v) is 12.7. The van der Waals surface area contributed by atoms with Crippen molar-refractivity contribution >= 4 is 39.1 Å². The molecule has 4 aromatic rings. The first-order valence-electron chi connectivity index (χ1n) is 7.09. The van der Waals surface area contributed by atoms with Crippen molar-refractivity contribution in [3.8, 4) is 5.69 Å². The zero-order valence-electron chi connectivity index (χ0n) is 11.9. The van der Waals surface area contributed by atoms with Crippen molar-refractivity contribution in [1.29, 1.82) is 0 Å². The molecule has 0 bridgehead atoms. The Bertz CT molecular complexity index is 1050. The van der Waals surface area contributed by atoms with Gasteiger partial charge in [-0.15, -0.1) is 0 Å². The molecule has 0 atom stereocenters. The van der Waals surface area contributed by atoms with Gasteiger partial charge in [-0.25, -0.2) is 0 Å². The van der Waals surface area contributed by atoms with Gasteiger partial charge in [-0.3, -0.25) is 10.1 Å². The molecular weight excluding hydrogens is 312 g/mol. The van der Waals surface area contributed by atoms with Crippen molar-refractivity contribution in [2.75, 3.05) is 0 Å². The smallest absolute Gasteiger partial charge is 0.270 e. The van der Waals surface area contributed by atoms with Crippen LogP contribution in [0.3, 0.4) is 0 Å². The van der Waals surface area contributed by atoms with Crippen LogP contribution in [0.15, 0.2) is 66.7 Å². The topological polar surface area (TPSA) is 48.1 Å². The Balaban J connectivity index is 2.18. The molecular formula is C18H11ClN2O2. The van der Waals surface area contributed by atoms with Gasteiger partial charge in [0.25, 0.3) is 5.69 Å². The fraction of sp³-hybridized carbons (Fsp3) is 0. The van der Waals surface area contributed by atoms with E-state index in [0.717, 1.165) is 27.5 Å². The summed E-state index contributed by atoms with van der Waals surface area (Å²) in [7, 11) is 0. The largest absolute Gasteiger partial charge is 0.309 e. The van der Waals surface area contributed by atoms with Crippen LogP contribution >= 0.6 is 11.6 Å². The van der Waals surface area contributed by atoms with Crippen LogP contribution in [-0.4, -0.2) is 9.49 Å². The van der Waals surface area contributed by atoms with Crippen LogP contribution in [0.1, 0.15) is 0 Å². The Labute approximate surface area is 136 Å². The van der Waals surface area contributed by atoms with Crippen LogP contribution < -0.4 is 0 Å². The van der Waals surface area contributed by atoms with Gasteiger partial charge in [0.1, 0.15) is 0 Å². The molecule has 0 aliphatic carbocycles. The fourth-order valence-electron chi connectivity index (χ4n) is 2.95. The average molecular weight is 323 g/mol. The summed E-state index contributed by atoms with van der Waals surface area (Å²) in [5.74, 6) is 0. The first-order chi connectivity index (χ1) is 11.1. The zero-order chi connectivity index (χ0) is 16.0. The Morgan fingerprint density at radius 2 is 1.52 bits per heavy atom. The third kappa shape index (κ3) is 2.15. The van der Waals surface area contributed by atoms with Gasteiger partial charge < -0.3 is 4.57 Å². The summed E-state index contributed by atoms with van der Waals surface area (Å²) in [5, 5.41) is 13.4. The minimum atomic E-state index is -0.379. The maximum absolute atomic E-state index is 11.1. The second-order valence-corrected chi connectivity index (χ2v) is 5.73. The highest BCUT2D eigenvalue weighted by Crippen LogP contribution is 2.35. The number of nitro benzene ring substituents is 1. The number of benzene rings is 3. The molecule has 3 aromatic carbocycles. The number of hydrogen-bond donors (Lipinski definition) is 0. The van der Waals surface area contributed by atoms with Crippen LogP contribution in [-0.2, 0) is 0 Å². The van der Waals surface area contributed by atoms with Crippen molar-refractivity contribution in [1.82, 2.24) is 4.57 Å². The summed E-state index contributed by atoms with van der Waals surface area (Å²) in [5.41, 5.74) is 2.96. The van der Waals surface area contributed by atoms with Gasteiger partial charge in [-0.05, 0) is 36.4 Å². The third-order valence-corrected chi connectivity index (χ3v) is 4.17. The van der Waals surface area contributed by atoms with Gasteiger partial charge in [-0.2, -0.15) is 0 Å². The molecule has 4 rings (SSSR count). The van der Waals surface area contributed by atoms with Crippen molar-refractivity contribution in [2.24, 2.45) is 0 Å². The molecule has 0 saturated heterocycles. The molecule has 1 heterocycles. The van der Waals surface area contributed by atoms with E-state index in [-0.39, 0.29) is 10.6 Å². The third-order valence-electron chi connectivity index (χ3n) is 3.94. The summed E-state index contributed by atoms with van der Waals surface area (Å²) in [6.07, 6.45) is 0. The van der Waals surface area contributed by atoms with E-state index in [1.807, 2.05) is 48.5 Å².